The van der Waals surface area contributed by atoms with Crippen LogP contribution in [0.15, 0.2) is 48.5 Å². The number of methoxy groups -OCH3 is 1. The summed E-state index contributed by atoms with van der Waals surface area (Å²) in [6.07, 6.45) is 0. The molecule has 25 heavy (non-hydrogen) atoms. The minimum Gasteiger partial charge on any atom is -0.493 e. The highest BCUT2D eigenvalue weighted by Gasteiger charge is 2.20. The van der Waals surface area contributed by atoms with E-state index >= 15 is 0 Å². The molecule has 2 N–H and O–H groups in total. The fourth-order valence-electron chi connectivity index (χ4n) is 2.40. The van der Waals surface area contributed by atoms with Gasteiger partial charge in [0.15, 0.2) is 18.1 Å². The van der Waals surface area contributed by atoms with Gasteiger partial charge in [0, 0.05) is 12.6 Å². The lowest BCUT2D eigenvalue weighted by Crippen LogP contribution is -2.29. The number of amides is 2. The molecule has 2 aromatic rings. The lowest BCUT2D eigenvalue weighted by Gasteiger charge is -2.25. The van der Waals surface area contributed by atoms with E-state index in [4.69, 9.17) is 15.2 Å². The van der Waals surface area contributed by atoms with Crippen LogP contribution < -0.4 is 15.2 Å². The predicted octanol–water partition coefficient (Wildman–Crippen LogP) is 2.39. The molecule has 1 atom stereocenters. The molecule has 0 aliphatic rings. The highest BCUT2D eigenvalue weighted by Crippen LogP contribution is 2.29. The van der Waals surface area contributed by atoms with E-state index in [2.05, 4.69) is 0 Å². The number of ether oxygens (including phenoxy) is 2. The van der Waals surface area contributed by atoms with Gasteiger partial charge >= 0.3 is 0 Å². The van der Waals surface area contributed by atoms with Gasteiger partial charge in [0.2, 0.25) is 0 Å². The maximum atomic E-state index is 12.8. The van der Waals surface area contributed by atoms with Crippen molar-refractivity contribution in [3.8, 4) is 11.5 Å². The summed E-state index contributed by atoms with van der Waals surface area (Å²) < 4.78 is 10.5. The normalized spacial score (nSPS) is 11.5. The van der Waals surface area contributed by atoms with Gasteiger partial charge in [-0.25, -0.2) is 0 Å². The molecule has 6 heteroatoms. The first-order chi connectivity index (χ1) is 11.9. The molecule has 0 saturated carbocycles. The number of rotatable bonds is 7. The quantitative estimate of drug-likeness (QED) is 0.837. The van der Waals surface area contributed by atoms with Crippen molar-refractivity contribution in [1.82, 2.24) is 4.90 Å². The Hall–Kier alpha value is -3.02. The number of hydrogen-bond donors (Lipinski definition) is 1. The van der Waals surface area contributed by atoms with E-state index in [0.29, 0.717) is 17.1 Å². The number of hydrogen-bond acceptors (Lipinski definition) is 4. The second kappa shape index (κ2) is 8.19. The summed E-state index contributed by atoms with van der Waals surface area (Å²) in [5.74, 6) is -0.000736. The van der Waals surface area contributed by atoms with Gasteiger partial charge in [-0.3, -0.25) is 9.59 Å². The molecule has 1 unspecified atom stereocenters. The first-order valence-electron chi connectivity index (χ1n) is 7.85. The topological polar surface area (TPSA) is 81.9 Å². The molecule has 0 fully saturated rings. The third kappa shape index (κ3) is 4.50. The first-order valence-corrected chi connectivity index (χ1v) is 7.85. The molecule has 0 aromatic heterocycles. The van der Waals surface area contributed by atoms with E-state index in [1.165, 1.54) is 7.11 Å². The van der Waals surface area contributed by atoms with Crippen molar-refractivity contribution in [3.63, 3.8) is 0 Å². The van der Waals surface area contributed by atoms with Crippen molar-refractivity contribution in [3.05, 3.63) is 59.7 Å². The Morgan fingerprint density at radius 3 is 2.40 bits per heavy atom. The molecule has 6 nitrogen and oxygen atoms in total. The summed E-state index contributed by atoms with van der Waals surface area (Å²) in [5.41, 5.74) is 6.59. The van der Waals surface area contributed by atoms with E-state index in [0.717, 1.165) is 5.56 Å². The SMILES string of the molecule is COc1cc(C(=O)N(C)C(C)c2ccccc2)ccc1OCC(N)=O. The number of carbonyl (C=O) groups is 2. The molecule has 2 rings (SSSR count). The van der Waals surface area contributed by atoms with E-state index in [-0.39, 0.29) is 18.6 Å². The third-order valence-corrected chi connectivity index (χ3v) is 3.96. The van der Waals surface area contributed by atoms with Crippen molar-refractivity contribution in [1.29, 1.82) is 0 Å². The van der Waals surface area contributed by atoms with Crippen molar-refractivity contribution in [2.24, 2.45) is 5.73 Å². The van der Waals surface area contributed by atoms with Crippen LogP contribution in [0.4, 0.5) is 0 Å². The Balaban J connectivity index is 2.19. The van der Waals surface area contributed by atoms with Crippen molar-refractivity contribution in [2.45, 2.75) is 13.0 Å². The smallest absolute Gasteiger partial charge is 0.255 e. The van der Waals surface area contributed by atoms with Gasteiger partial charge in [0.1, 0.15) is 0 Å². The molecule has 2 aromatic carbocycles. The number of nitrogens with two attached hydrogens (primary N) is 1. The Morgan fingerprint density at radius 2 is 1.80 bits per heavy atom. The van der Waals surface area contributed by atoms with Crippen LogP contribution in [0.3, 0.4) is 0 Å². The van der Waals surface area contributed by atoms with Gasteiger partial charge in [-0.1, -0.05) is 30.3 Å². The van der Waals surface area contributed by atoms with Crippen molar-refractivity contribution >= 4 is 11.8 Å². The van der Waals surface area contributed by atoms with Crippen LogP contribution >= 0.6 is 0 Å². The number of benzene rings is 2. The summed E-state index contributed by atoms with van der Waals surface area (Å²) >= 11 is 0. The largest absolute Gasteiger partial charge is 0.493 e. The number of carbonyl (C=O) groups excluding carboxylic acids is 2. The third-order valence-electron chi connectivity index (χ3n) is 3.96. The van der Waals surface area contributed by atoms with Gasteiger partial charge in [-0.05, 0) is 30.7 Å². The fourth-order valence-corrected chi connectivity index (χ4v) is 2.40. The zero-order valence-corrected chi connectivity index (χ0v) is 14.6. The summed E-state index contributed by atoms with van der Waals surface area (Å²) in [6, 6.07) is 14.5. The monoisotopic (exact) mass is 342 g/mol. The number of primary amides is 1. The second-order valence-corrected chi connectivity index (χ2v) is 5.62. The molecule has 0 aliphatic heterocycles. The van der Waals surface area contributed by atoms with E-state index in [1.54, 1.807) is 30.1 Å². The lowest BCUT2D eigenvalue weighted by molar-refractivity contribution is -0.119. The molecule has 0 radical (unpaired) electrons. The van der Waals surface area contributed by atoms with Crippen molar-refractivity contribution < 1.29 is 19.1 Å². The molecule has 2 amide bonds. The zero-order chi connectivity index (χ0) is 18.4. The predicted molar refractivity (Wildman–Crippen MR) is 94.6 cm³/mol. The Labute approximate surface area is 147 Å². The van der Waals surface area contributed by atoms with Crippen molar-refractivity contribution in [2.75, 3.05) is 20.8 Å². The average molecular weight is 342 g/mol. The maximum absolute atomic E-state index is 12.8. The van der Waals surface area contributed by atoms with Gasteiger partial charge < -0.3 is 20.1 Å². The highest BCUT2D eigenvalue weighted by molar-refractivity contribution is 5.95. The van der Waals surface area contributed by atoms with Crippen LogP contribution in [0.1, 0.15) is 28.9 Å². The summed E-state index contributed by atoms with van der Waals surface area (Å²) in [4.78, 5) is 25.3. The molecular formula is C19H22N2O4. The number of nitrogens with zero attached hydrogens (tertiary/aromatic N) is 1. The van der Waals surface area contributed by atoms with E-state index < -0.39 is 5.91 Å². The Morgan fingerprint density at radius 1 is 1.12 bits per heavy atom. The molecule has 0 aliphatic carbocycles. The lowest BCUT2D eigenvalue weighted by atomic mass is 10.1. The van der Waals surface area contributed by atoms with E-state index in [1.807, 2.05) is 37.3 Å². The molecule has 0 saturated heterocycles. The molecule has 0 heterocycles. The van der Waals surface area contributed by atoms with Gasteiger partial charge in [0.25, 0.3) is 11.8 Å². The zero-order valence-electron chi connectivity index (χ0n) is 14.6. The Bertz CT molecular complexity index is 746. The molecule has 0 bridgehead atoms. The average Bonchev–Trinajstić information content (AvgIpc) is 2.65. The Kier molecular flexibility index (Phi) is 6.00. The minimum absolute atomic E-state index is 0.0783. The summed E-state index contributed by atoms with van der Waals surface area (Å²) in [6.45, 7) is 1.71. The second-order valence-electron chi connectivity index (χ2n) is 5.62. The van der Waals surface area contributed by atoms with Crippen LogP contribution in [0.5, 0.6) is 11.5 Å². The van der Waals surface area contributed by atoms with E-state index in [9.17, 15) is 9.59 Å². The first kappa shape index (κ1) is 18.3. The van der Waals surface area contributed by atoms with Gasteiger partial charge in [-0.2, -0.15) is 0 Å². The molecule has 132 valence electrons. The maximum Gasteiger partial charge on any atom is 0.255 e. The highest BCUT2D eigenvalue weighted by atomic mass is 16.5. The van der Waals surface area contributed by atoms with Crippen LogP contribution in [0.25, 0.3) is 0 Å². The van der Waals surface area contributed by atoms with Crippen LogP contribution in [-0.4, -0.2) is 37.5 Å². The van der Waals surface area contributed by atoms with Crippen LogP contribution in [0, 0.1) is 0 Å². The summed E-state index contributed by atoms with van der Waals surface area (Å²) in [7, 11) is 3.22. The van der Waals surface area contributed by atoms with Gasteiger partial charge in [-0.15, -0.1) is 0 Å². The fraction of sp³-hybridized carbons (Fsp3) is 0.263. The molecular weight excluding hydrogens is 320 g/mol. The minimum atomic E-state index is -0.585. The molecule has 0 spiro atoms. The summed E-state index contributed by atoms with van der Waals surface area (Å²) in [5, 5.41) is 0. The van der Waals surface area contributed by atoms with Crippen LogP contribution in [-0.2, 0) is 4.79 Å². The van der Waals surface area contributed by atoms with Gasteiger partial charge in [0.05, 0.1) is 13.2 Å². The standard InChI is InChI=1S/C19H22N2O4/c1-13(14-7-5-4-6-8-14)21(2)19(23)15-9-10-16(17(11-15)24-3)25-12-18(20)22/h4-11,13H,12H2,1-3H3,(H2,20,22). The van der Waals surface area contributed by atoms with Crippen LogP contribution in [0.2, 0.25) is 0 Å².